The van der Waals surface area contributed by atoms with Crippen molar-refractivity contribution in [2.24, 2.45) is 0 Å². The fourth-order valence-electron chi connectivity index (χ4n) is 5.05. The van der Waals surface area contributed by atoms with E-state index in [0.717, 1.165) is 35.1 Å². The molecular weight excluding hydrogens is 470 g/mol. The number of hydrogen-bond donors (Lipinski definition) is 2. The molecule has 2 fully saturated rings. The predicted molar refractivity (Wildman–Crippen MR) is 136 cm³/mol. The largest absolute Gasteiger partial charge is 0.496 e. The molecule has 0 spiro atoms. The third kappa shape index (κ3) is 5.52. The molecule has 0 aromatic heterocycles. The summed E-state index contributed by atoms with van der Waals surface area (Å²) in [4.78, 5) is 12.2. The van der Waals surface area contributed by atoms with Crippen molar-refractivity contribution in [1.82, 2.24) is 0 Å². The van der Waals surface area contributed by atoms with E-state index in [2.05, 4.69) is 5.32 Å². The maximum atomic E-state index is 12.2. The minimum absolute atomic E-state index is 0.223. The zero-order valence-corrected chi connectivity index (χ0v) is 21.4. The second-order valence-electron chi connectivity index (χ2n) is 9.34. The van der Waals surface area contributed by atoms with E-state index in [4.69, 9.17) is 30.5 Å². The summed E-state index contributed by atoms with van der Waals surface area (Å²) in [5, 5.41) is 13.8. The van der Waals surface area contributed by atoms with Crippen LogP contribution < -0.4 is 14.8 Å². The number of methoxy groups -OCH3 is 2. The predicted octanol–water partition coefficient (Wildman–Crippen LogP) is 5.84. The SMILES string of the molecule is COc1cc(-c2c(Cl)cc(NC3(C(=O)O)CCOCC3)cc2COC2CCCC2)cc(OC)c1C. The second-order valence-corrected chi connectivity index (χ2v) is 9.75. The molecule has 7 nitrogen and oxygen atoms in total. The summed E-state index contributed by atoms with van der Waals surface area (Å²) in [7, 11) is 3.26. The van der Waals surface area contributed by atoms with Gasteiger partial charge in [-0.1, -0.05) is 24.4 Å². The topological polar surface area (TPSA) is 86.3 Å². The molecule has 0 unspecified atom stereocenters. The minimum atomic E-state index is -1.09. The highest BCUT2D eigenvalue weighted by Crippen LogP contribution is 2.41. The molecule has 1 heterocycles. The van der Waals surface area contributed by atoms with Crippen LogP contribution in [0.2, 0.25) is 5.02 Å². The number of benzene rings is 2. The number of anilines is 1. The van der Waals surface area contributed by atoms with Crippen molar-refractivity contribution in [3.05, 3.63) is 40.4 Å². The Labute approximate surface area is 211 Å². The molecule has 0 atom stereocenters. The summed E-state index contributed by atoms with van der Waals surface area (Å²) in [5.74, 6) is 0.511. The number of nitrogens with one attached hydrogen (secondary N) is 1. The average Bonchev–Trinajstić information content (AvgIpc) is 3.37. The van der Waals surface area contributed by atoms with Gasteiger partial charge in [0.05, 0.1) is 32.0 Å². The third-order valence-corrected chi connectivity index (χ3v) is 7.43. The lowest BCUT2D eigenvalue weighted by molar-refractivity contribution is -0.145. The molecule has 4 rings (SSSR count). The first kappa shape index (κ1) is 25.6. The number of halogens is 1. The van der Waals surface area contributed by atoms with E-state index in [0.29, 0.717) is 54.9 Å². The number of ether oxygens (including phenoxy) is 4. The molecule has 0 bridgehead atoms. The molecule has 2 aromatic carbocycles. The molecule has 1 saturated heterocycles. The van der Waals surface area contributed by atoms with E-state index >= 15 is 0 Å². The molecule has 8 heteroatoms. The average molecular weight is 504 g/mol. The lowest BCUT2D eigenvalue weighted by Crippen LogP contribution is -2.50. The normalized spacial score (nSPS) is 17.8. The van der Waals surface area contributed by atoms with Crippen molar-refractivity contribution in [3.63, 3.8) is 0 Å². The van der Waals surface area contributed by atoms with Crippen LogP contribution in [0.1, 0.15) is 49.7 Å². The molecule has 2 aliphatic rings. The number of carboxylic acid groups (broad SMARTS) is 1. The summed E-state index contributed by atoms with van der Waals surface area (Å²) in [5.41, 5.74) is 3.02. The highest BCUT2D eigenvalue weighted by Gasteiger charge is 2.40. The number of aliphatic carboxylic acids is 1. The number of carboxylic acids is 1. The zero-order valence-electron chi connectivity index (χ0n) is 20.6. The van der Waals surface area contributed by atoms with Gasteiger partial charge in [-0.25, -0.2) is 4.79 Å². The molecule has 1 aliphatic carbocycles. The highest BCUT2D eigenvalue weighted by molar-refractivity contribution is 6.34. The summed E-state index contributed by atoms with van der Waals surface area (Å²) in [6, 6.07) is 7.63. The van der Waals surface area contributed by atoms with Gasteiger partial charge in [0.15, 0.2) is 0 Å². The molecule has 2 N–H and O–H groups in total. The van der Waals surface area contributed by atoms with Crippen LogP contribution in [0.3, 0.4) is 0 Å². The molecule has 0 amide bonds. The standard InChI is InChI=1S/C27H34ClNO6/c1-17-23(32-2)13-18(14-24(17)33-3)25-19(16-35-21-6-4-5-7-21)12-20(15-22(25)28)29-27(26(30)31)8-10-34-11-9-27/h12-15,21,29H,4-11,16H2,1-3H3,(H,30,31). The van der Waals surface area contributed by atoms with E-state index < -0.39 is 11.5 Å². The first-order valence-electron chi connectivity index (χ1n) is 12.1. The molecule has 35 heavy (non-hydrogen) atoms. The van der Waals surface area contributed by atoms with Crippen molar-refractivity contribution in [3.8, 4) is 22.6 Å². The molecule has 1 saturated carbocycles. The van der Waals surface area contributed by atoms with Gasteiger partial charge in [0.25, 0.3) is 0 Å². The van der Waals surface area contributed by atoms with E-state index in [1.54, 1.807) is 20.3 Å². The fourth-order valence-corrected chi connectivity index (χ4v) is 5.40. The summed E-state index contributed by atoms with van der Waals surface area (Å²) in [6.07, 6.45) is 5.43. The van der Waals surface area contributed by atoms with Crippen LogP contribution in [0.15, 0.2) is 24.3 Å². The Morgan fingerprint density at radius 3 is 2.31 bits per heavy atom. The smallest absolute Gasteiger partial charge is 0.329 e. The van der Waals surface area contributed by atoms with Gasteiger partial charge in [-0.15, -0.1) is 0 Å². The zero-order chi connectivity index (χ0) is 25.0. The van der Waals surface area contributed by atoms with E-state index in [9.17, 15) is 9.90 Å². The minimum Gasteiger partial charge on any atom is -0.496 e. The number of hydrogen-bond acceptors (Lipinski definition) is 6. The Bertz CT molecular complexity index is 1030. The Morgan fingerprint density at radius 2 is 1.74 bits per heavy atom. The van der Waals surface area contributed by atoms with Crippen LogP contribution in [0.5, 0.6) is 11.5 Å². The summed E-state index contributed by atoms with van der Waals surface area (Å²) < 4.78 is 22.9. The van der Waals surface area contributed by atoms with Gasteiger partial charge < -0.3 is 29.4 Å². The lowest BCUT2D eigenvalue weighted by Gasteiger charge is -2.35. The second kappa shape index (κ2) is 11.1. The highest BCUT2D eigenvalue weighted by atomic mass is 35.5. The van der Waals surface area contributed by atoms with Gasteiger partial charge in [-0.3, -0.25) is 0 Å². The van der Waals surface area contributed by atoms with Crippen molar-refractivity contribution >= 4 is 23.3 Å². The molecule has 2 aromatic rings. The van der Waals surface area contributed by atoms with Crippen LogP contribution in [0.25, 0.3) is 11.1 Å². The molecular formula is C27H34ClNO6. The van der Waals surface area contributed by atoms with Gasteiger partial charge in [0.2, 0.25) is 0 Å². The van der Waals surface area contributed by atoms with Crippen LogP contribution in [-0.2, 0) is 20.9 Å². The Hall–Kier alpha value is -2.48. The lowest BCUT2D eigenvalue weighted by atomic mass is 9.89. The summed E-state index contributed by atoms with van der Waals surface area (Å²) >= 11 is 6.89. The number of carbonyl (C=O) groups is 1. The monoisotopic (exact) mass is 503 g/mol. The maximum Gasteiger partial charge on any atom is 0.329 e. The van der Waals surface area contributed by atoms with Crippen LogP contribution in [0, 0.1) is 6.92 Å². The van der Waals surface area contributed by atoms with Gasteiger partial charge >= 0.3 is 5.97 Å². The van der Waals surface area contributed by atoms with Gasteiger partial charge in [-0.05, 0) is 55.2 Å². The van der Waals surface area contributed by atoms with Crippen molar-refractivity contribution < 1.29 is 28.8 Å². The summed E-state index contributed by atoms with van der Waals surface area (Å²) in [6.45, 7) is 3.10. The molecule has 1 aliphatic heterocycles. The third-order valence-electron chi connectivity index (χ3n) is 7.13. The quantitative estimate of drug-likeness (QED) is 0.444. The van der Waals surface area contributed by atoms with Crippen LogP contribution >= 0.6 is 11.6 Å². The first-order chi connectivity index (χ1) is 16.9. The fraction of sp³-hybridized carbons (Fsp3) is 0.519. The van der Waals surface area contributed by atoms with Crippen molar-refractivity contribution in [1.29, 1.82) is 0 Å². The first-order valence-corrected chi connectivity index (χ1v) is 12.5. The van der Waals surface area contributed by atoms with Crippen LogP contribution in [0.4, 0.5) is 5.69 Å². The van der Waals surface area contributed by atoms with E-state index in [1.807, 2.05) is 25.1 Å². The maximum absolute atomic E-state index is 12.2. The van der Waals surface area contributed by atoms with Gasteiger partial charge in [0.1, 0.15) is 17.0 Å². The molecule has 190 valence electrons. The van der Waals surface area contributed by atoms with E-state index in [-0.39, 0.29) is 6.10 Å². The van der Waals surface area contributed by atoms with Crippen molar-refractivity contribution in [2.45, 2.75) is 63.7 Å². The molecule has 0 radical (unpaired) electrons. The van der Waals surface area contributed by atoms with Crippen LogP contribution in [-0.4, -0.2) is 50.2 Å². The van der Waals surface area contributed by atoms with E-state index in [1.165, 1.54) is 12.8 Å². The van der Waals surface area contributed by atoms with Crippen molar-refractivity contribution in [2.75, 3.05) is 32.8 Å². The Kier molecular flexibility index (Phi) is 8.09. The Morgan fingerprint density at radius 1 is 1.11 bits per heavy atom. The van der Waals surface area contributed by atoms with Gasteiger partial charge in [-0.2, -0.15) is 0 Å². The number of rotatable bonds is 9. The van der Waals surface area contributed by atoms with Gasteiger partial charge in [0, 0.05) is 42.9 Å². The Balaban J connectivity index is 1.76.